The molecule has 3 aromatic rings. The first-order valence-corrected chi connectivity index (χ1v) is 9.98. The summed E-state index contributed by atoms with van der Waals surface area (Å²) in [5, 5.41) is 0. The van der Waals surface area contributed by atoms with E-state index in [-0.39, 0.29) is 24.8 Å². The highest BCUT2D eigenvalue weighted by Crippen LogP contribution is 2.39. The topological polar surface area (TPSA) is 61.8 Å². The fraction of sp³-hybridized carbons (Fsp3) is 0.154. The van der Waals surface area contributed by atoms with E-state index in [9.17, 15) is 9.59 Å². The molecule has 1 aliphatic rings. The lowest BCUT2D eigenvalue weighted by molar-refractivity contribution is -0.147. The third-order valence-electron chi connectivity index (χ3n) is 5.00. The first-order chi connectivity index (χ1) is 15.0. The van der Waals surface area contributed by atoms with Crippen LogP contribution in [0, 0.1) is 13.8 Å². The molecule has 0 atom stereocenters. The van der Waals surface area contributed by atoms with Crippen LogP contribution in [-0.2, 0) is 16.1 Å². The summed E-state index contributed by atoms with van der Waals surface area (Å²) in [6.45, 7) is 3.77. The first-order valence-electron chi connectivity index (χ1n) is 9.98. The van der Waals surface area contributed by atoms with Crippen LogP contribution in [0.15, 0.2) is 72.5 Å². The maximum absolute atomic E-state index is 12.7. The molecule has 4 rings (SSSR count). The molecule has 0 spiro atoms. The SMILES string of the molecule is Cc1ccc(/C=C2\Oc3c(ccc(OCC(=O)OCc4ccccc4)c3C)C2=O)cc1. The van der Waals surface area contributed by atoms with E-state index in [0.717, 1.165) is 16.7 Å². The number of allylic oxidation sites excluding steroid dienone is 1. The van der Waals surface area contributed by atoms with E-state index < -0.39 is 5.97 Å². The van der Waals surface area contributed by atoms with Crippen LogP contribution in [0.1, 0.15) is 32.6 Å². The Hall–Kier alpha value is -3.86. The van der Waals surface area contributed by atoms with Gasteiger partial charge in [0.15, 0.2) is 12.4 Å². The van der Waals surface area contributed by atoms with Crippen molar-refractivity contribution in [3.63, 3.8) is 0 Å². The van der Waals surface area contributed by atoms with Crippen LogP contribution in [0.5, 0.6) is 11.5 Å². The Balaban J connectivity index is 1.42. The first kappa shape index (κ1) is 20.4. The van der Waals surface area contributed by atoms with Crippen molar-refractivity contribution in [3.05, 3.63) is 100 Å². The van der Waals surface area contributed by atoms with Gasteiger partial charge in [-0.1, -0.05) is 60.2 Å². The number of hydrogen-bond donors (Lipinski definition) is 0. The molecule has 0 saturated heterocycles. The molecule has 0 fully saturated rings. The zero-order chi connectivity index (χ0) is 21.8. The molecule has 0 aliphatic carbocycles. The number of esters is 1. The molecular weight excluding hydrogens is 392 g/mol. The van der Waals surface area contributed by atoms with Gasteiger partial charge in [-0.25, -0.2) is 4.79 Å². The Morgan fingerprint density at radius 3 is 2.45 bits per heavy atom. The predicted octanol–water partition coefficient (Wildman–Crippen LogP) is 5.04. The average molecular weight is 414 g/mol. The van der Waals surface area contributed by atoms with Gasteiger partial charge in [0.2, 0.25) is 5.78 Å². The van der Waals surface area contributed by atoms with Crippen molar-refractivity contribution in [1.82, 2.24) is 0 Å². The Labute approximate surface area is 180 Å². The second-order valence-electron chi connectivity index (χ2n) is 7.35. The number of carbonyl (C=O) groups is 2. The molecule has 0 amide bonds. The minimum atomic E-state index is -0.472. The van der Waals surface area contributed by atoms with E-state index in [1.807, 2.05) is 61.5 Å². The molecule has 1 heterocycles. The molecule has 0 unspecified atom stereocenters. The molecule has 1 aliphatic heterocycles. The lowest BCUT2D eigenvalue weighted by Gasteiger charge is -2.11. The normalized spacial score (nSPS) is 13.6. The number of hydrogen-bond acceptors (Lipinski definition) is 5. The lowest BCUT2D eigenvalue weighted by Crippen LogP contribution is -2.15. The van der Waals surface area contributed by atoms with Gasteiger partial charge in [-0.2, -0.15) is 0 Å². The maximum Gasteiger partial charge on any atom is 0.344 e. The third-order valence-corrected chi connectivity index (χ3v) is 5.00. The van der Waals surface area contributed by atoms with Crippen molar-refractivity contribution in [2.45, 2.75) is 20.5 Å². The summed E-state index contributed by atoms with van der Waals surface area (Å²) in [7, 11) is 0. The van der Waals surface area contributed by atoms with Gasteiger partial charge in [0.05, 0.1) is 5.56 Å². The number of rotatable bonds is 6. The molecule has 0 aromatic heterocycles. The van der Waals surface area contributed by atoms with Crippen molar-refractivity contribution >= 4 is 17.8 Å². The fourth-order valence-corrected chi connectivity index (χ4v) is 3.25. The Morgan fingerprint density at radius 2 is 1.71 bits per heavy atom. The van der Waals surface area contributed by atoms with Gasteiger partial charge in [0, 0.05) is 5.56 Å². The molecule has 0 radical (unpaired) electrons. The van der Waals surface area contributed by atoms with Gasteiger partial charge in [-0.15, -0.1) is 0 Å². The van der Waals surface area contributed by atoms with Crippen molar-refractivity contribution in [2.24, 2.45) is 0 Å². The van der Waals surface area contributed by atoms with E-state index in [0.29, 0.717) is 22.6 Å². The summed E-state index contributed by atoms with van der Waals surface area (Å²) < 4.78 is 16.7. The van der Waals surface area contributed by atoms with Crippen LogP contribution in [0.2, 0.25) is 0 Å². The number of Topliss-reactive ketones (excluding diaryl/α,β-unsaturated/α-hetero) is 1. The van der Waals surface area contributed by atoms with Gasteiger partial charge in [-0.3, -0.25) is 4.79 Å². The van der Waals surface area contributed by atoms with Crippen LogP contribution >= 0.6 is 0 Å². The maximum atomic E-state index is 12.7. The summed E-state index contributed by atoms with van der Waals surface area (Å²) >= 11 is 0. The molecular formula is C26H22O5. The number of benzene rings is 3. The molecule has 0 saturated carbocycles. The number of ether oxygens (including phenoxy) is 3. The van der Waals surface area contributed by atoms with Crippen molar-refractivity contribution in [1.29, 1.82) is 0 Å². The predicted molar refractivity (Wildman–Crippen MR) is 117 cm³/mol. The van der Waals surface area contributed by atoms with E-state index >= 15 is 0 Å². The van der Waals surface area contributed by atoms with Gasteiger partial charge >= 0.3 is 5.97 Å². The summed E-state index contributed by atoms with van der Waals surface area (Å²) in [5.74, 6) is 0.549. The Bertz CT molecular complexity index is 1140. The second-order valence-corrected chi connectivity index (χ2v) is 7.35. The molecule has 3 aromatic carbocycles. The molecule has 0 N–H and O–H groups in total. The monoisotopic (exact) mass is 414 g/mol. The van der Waals surface area contributed by atoms with Crippen LogP contribution in [0.3, 0.4) is 0 Å². The average Bonchev–Trinajstić information content (AvgIpc) is 3.10. The molecule has 5 nitrogen and oxygen atoms in total. The van der Waals surface area contributed by atoms with Gasteiger partial charge in [0.25, 0.3) is 0 Å². The second kappa shape index (κ2) is 8.88. The molecule has 31 heavy (non-hydrogen) atoms. The smallest absolute Gasteiger partial charge is 0.344 e. The fourth-order valence-electron chi connectivity index (χ4n) is 3.25. The Kier molecular flexibility index (Phi) is 5.85. The highest BCUT2D eigenvalue weighted by molar-refractivity contribution is 6.15. The van der Waals surface area contributed by atoms with Crippen molar-refractivity contribution in [3.8, 4) is 11.5 Å². The number of carbonyl (C=O) groups excluding carboxylic acids is 2. The van der Waals surface area contributed by atoms with E-state index in [4.69, 9.17) is 14.2 Å². The van der Waals surface area contributed by atoms with E-state index in [2.05, 4.69) is 0 Å². The quantitative estimate of drug-likeness (QED) is 0.418. The lowest BCUT2D eigenvalue weighted by atomic mass is 10.1. The summed E-state index contributed by atoms with van der Waals surface area (Å²) in [4.78, 5) is 24.7. The van der Waals surface area contributed by atoms with Gasteiger partial charge in [0.1, 0.15) is 18.1 Å². The number of aryl methyl sites for hydroxylation is 1. The Morgan fingerprint density at radius 1 is 0.968 bits per heavy atom. The highest BCUT2D eigenvalue weighted by atomic mass is 16.6. The summed E-state index contributed by atoms with van der Waals surface area (Å²) in [5.41, 5.74) is 4.08. The summed E-state index contributed by atoms with van der Waals surface area (Å²) in [6.07, 6.45) is 1.72. The summed E-state index contributed by atoms with van der Waals surface area (Å²) in [6, 6.07) is 20.6. The van der Waals surface area contributed by atoms with E-state index in [1.54, 1.807) is 25.1 Å². The minimum Gasteiger partial charge on any atom is -0.481 e. The highest BCUT2D eigenvalue weighted by Gasteiger charge is 2.30. The van der Waals surface area contributed by atoms with Gasteiger partial charge in [-0.05, 0) is 43.2 Å². The number of fused-ring (bicyclic) bond motifs is 1. The van der Waals surface area contributed by atoms with Crippen molar-refractivity contribution in [2.75, 3.05) is 6.61 Å². The number of ketones is 1. The molecule has 5 heteroatoms. The van der Waals surface area contributed by atoms with Crippen LogP contribution < -0.4 is 9.47 Å². The van der Waals surface area contributed by atoms with Crippen molar-refractivity contribution < 1.29 is 23.8 Å². The largest absolute Gasteiger partial charge is 0.481 e. The van der Waals surface area contributed by atoms with Gasteiger partial charge < -0.3 is 14.2 Å². The molecule has 156 valence electrons. The van der Waals surface area contributed by atoms with Crippen LogP contribution in [0.25, 0.3) is 6.08 Å². The zero-order valence-corrected chi connectivity index (χ0v) is 17.4. The third kappa shape index (κ3) is 4.67. The van der Waals surface area contributed by atoms with Crippen LogP contribution in [0.4, 0.5) is 0 Å². The van der Waals surface area contributed by atoms with Crippen LogP contribution in [-0.4, -0.2) is 18.4 Å². The standard InChI is InChI=1S/C26H22O5/c1-17-8-10-19(11-9-17)14-23-25(28)21-12-13-22(18(2)26(21)31-23)29-16-24(27)30-15-20-6-4-3-5-7-20/h3-14H,15-16H2,1-2H3/b23-14-. The molecule has 0 bridgehead atoms. The minimum absolute atomic E-state index is 0.174. The zero-order valence-electron chi connectivity index (χ0n) is 17.4. The van der Waals surface area contributed by atoms with E-state index in [1.165, 1.54) is 0 Å².